The SMILES string of the molecule is Cc1ccc(Cn2c(-c3ccccc3)nc(-c3ccco3)c2-c2ccco2)cc1. The summed E-state index contributed by atoms with van der Waals surface area (Å²) >= 11 is 0. The van der Waals surface area contributed by atoms with Crippen molar-refractivity contribution in [2.24, 2.45) is 0 Å². The summed E-state index contributed by atoms with van der Waals surface area (Å²) in [4.78, 5) is 5.00. The van der Waals surface area contributed by atoms with E-state index in [1.807, 2.05) is 42.5 Å². The van der Waals surface area contributed by atoms with E-state index in [-0.39, 0.29) is 0 Å². The van der Waals surface area contributed by atoms with E-state index in [4.69, 9.17) is 13.8 Å². The normalized spacial score (nSPS) is 11.1. The third-order valence-electron chi connectivity index (χ3n) is 4.97. The van der Waals surface area contributed by atoms with Crippen LogP contribution in [0, 0.1) is 6.92 Å². The van der Waals surface area contributed by atoms with Crippen LogP contribution in [0.5, 0.6) is 0 Å². The molecule has 0 atom stereocenters. The number of aryl methyl sites for hydroxylation is 1. The first kappa shape index (κ1) is 17.3. The van der Waals surface area contributed by atoms with E-state index >= 15 is 0 Å². The minimum absolute atomic E-state index is 0.675. The van der Waals surface area contributed by atoms with Gasteiger partial charge in [0.25, 0.3) is 0 Å². The van der Waals surface area contributed by atoms with Crippen molar-refractivity contribution in [3.63, 3.8) is 0 Å². The standard InChI is InChI=1S/C25H20N2O2/c1-18-11-13-19(14-12-18)17-27-24(22-10-6-16-29-22)23(21-9-5-15-28-21)26-25(27)20-7-3-2-4-8-20/h2-16H,17H2,1H3. The van der Waals surface area contributed by atoms with Crippen molar-refractivity contribution >= 4 is 0 Å². The van der Waals surface area contributed by atoms with Gasteiger partial charge in [0.15, 0.2) is 11.5 Å². The molecule has 0 radical (unpaired) electrons. The summed E-state index contributed by atoms with van der Waals surface area (Å²) in [6.07, 6.45) is 3.36. The monoisotopic (exact) mass is 380 g/mol. The molecule has 4 heteroatoms. The van der Waals surface area contributed by atoms with Gasteiger partial charge in [0, 0.05) is 12.1 Å². The molecule has 4 nitrogen and oxygen atoms in total. The molecule has 2 aromatic carbocycles. The molecule has 0 aliphatic carbocycles. The molecule has 0 N–H and O–H groups in total. The van der Waals surface area contributed by atoms with Crippen molar-refractivity contribution in [2.45, 2.75) is 13.5 Å². The molecule has 0 bridgehead atoms. The zero-order chi connectivity index (χ0) is 19.6. The van der Waals surface area contributed by atoms with Crippen molar-refractivity contribution in [1.82, 2.24) is 9.55 Å². The van der Waals surface area contributed by atoms with E-state index in [1.54, 1.807) is 12.5 Å². The lowest BCUT2D eigenvalue weighted by Crippen LogP contribution is -2.04. The van der Waals surface area contributed by atoms with Crippen LogP contribution < -0.4 is 0 Å². The molecule has 0 saturated heterocycles. The first-order valence-electron chi connectivity index (χ1n) is 9.59. The highest BCUT2D eigenvalue weighted by Crippen LogP contribution is 2.37. The quantitative estimate of drug-likeness (QED) is 0.353. The zero-order valence-corrected chi connectivity index (χ0v) is 16.1. The Morgan fingerprint density at radius 3 is 2.10 bits per heavy atom. The maximum absolute atomic E-state index is 5.80. The lowest BCUT2D eigenvalue weighted by atomic mass is 10.1. The highest BCUT2D eigenvalue weighted by molar-refractivity contribution is 5.78. The molecule has 142 valence electrons. The van der Waals surface area contributed by atoms with Crippen molar-refractivity contribution in [1.29, 1.82) is 0 Å². The molecule has 5 rings (SSSR count). The lowest BCUT2D eigenvalue weighted by Gasteiger charge is -2.12. The summed E-state index contributed by atoms with van der Waals surface area (Å²) in [5, 5.41) is 0. The summed E-state index contributed by atoms with van der Waals surface area (Å²) in [5.74, 6) is 2.36. The Hall–Kier alpha value is -3.79. The maximum atomic E-state index is 5.80. The van der Waals surface area contributed by atoms with E-state index in [2.05, 4.69) is 47.9 Å². The molecule has 0 unspecified atom stereocenters. The van der Waals surface area contributed by atoms with Crippen LogP contribution in [0.4, 0.5) is 0 Å². The fraction of sp³-hybridized carbons (Fsp3) is 0.0800. The molecule has 5 aromatic rings. The molecule has 3 heterocycles. The second-order valence-corrected chi connectivity index (χ2v) is 7.02. The van der Waals surface area contributed by atoms with Crippen molar-refractivity contribution in [3.05, 3.63) is 103 Å². The minimum Gasteiger partial charge on any atom is -0.463 e. The second-order valence-electron chi connectivity index (χ2n) is 7.02. The van der Waals surface area contributed by atoms with Crippen LogP contribution in [-0.4, -0.2) is 9.55 Å². The number of hydrogen-bond acceptors (Lipinski definition) is 3. The predicted molar refractivity (Wildman–Crippen MR) is 113 cm³/mol. The average molecular weight is 380 g/mol. The number of nitrogens with zero attached hydrogens (tertiary/aromatic N) is 2. The number of hydrogen-bond donors (Lipinski definition) is 0. The largest absolute Gasteiger partial charge is 0.463 e. The van der Waals surface area contributed by atoms with Gasteiger partial charge in [-0.3, -0.25) is 0 Å². The summed E-state index contributed by atoms with van der Waals surface area (Å²) < 4.78 is 13.7. The summed E-state index contributed by atoms with van der Waals surface area (Å²) in [6.45, 7) is 2.77. The van der Waals surface area contributed by atoms with E-state index < -0.39 is 0 Å². The Bertz CT molecular complexity index is 1200. The van der Waals surface area contributed by atoms with Gasteiger partial charge in [0.2, 0.25) is 0 Å². The van der Waals surface area contributed by atoms with Crippen molar-refractivity contribution in [3.8, 4) is 34.3 Å². The van der Waals surface area contributed by atoms with Crippen LogP contribution in [0.25, 0.3) is 34.3 Å². The first-order chi connectivity index (χ1) is 14.3. The zero-order valence-electron chi connectivity index (χ0n) is 16.1. The molecule has 29 heavy (non-hydrogen) atoms. The van der Waals surface area contributed by atoms with Crippen LogP contribution in [0.3, 0.4) is 0 Å². The molecule has 0 aliphatic rings. The van der Waals surface area contributed by atoms with Gasteiger partial charge in [-0.25, -0.2) is 4.98 Å². The number of aromatic nitrogens is 2. The molecule has 0 spiro atoms. The number of furan rings is 2. The van der Waals surface area contributed by atoms with Crippen molar-refractivity contribution < 1.29 is 8.83 Å². The Kier molecular flexibility index (Phi) is 4.37. The van der Waals surface area contributed by atoms with E-state index in [9.17, 15) is 0 Å². The summed E-state index contributed by atoms with van der Waals surface area (Å²) in [5.41, 5.74) is 5.17. The molecule has 0 aliphatic heterocycles. The highest BCUT2D eigenvalue weighted by atomic mass is 16.3. The Labute approximate surface area is 169 Å². The average Bonchev–Trinajstić information content (AvgIpc) is 3.51. The Morgan fingerprint density at radius 1 is 0.759 bits per heavy atom. The predicted octanol–water partition coefficient (Wildman–Crippen LogP) is 6.43. The first-order valence-corrected chi connectivity index (χ1v) is 9.59. The molecule has 0 fully saturated rings. The third kappa shape index (κ3) is 3.29. The highest BCUT2D eigenvalue weighted by Gasteiger charge is 2.24. The molecule has 3 aromatic heterocycles. The van der Waals surface area contributed by atoms with E-state index in [0.29, 0.717) is 6.54 Å². The van der Waals surface area contributed by atoms with Crippen LogP contribution in [0.1, 0.15) is 11.1 Å². The smallest absolute Gasteiger partial charge is 0.154 e. The minimum atomic E-state index is 0.675. The fourth-order valence-corrected chi connectivity index (χ4v) is 3.54. The molecule has 0 saturated carbocycles. The molecule has 0 amide bonds. The fourth-order valence-electron chi connectivity index (χ4n) is 3.54. The van der Waals surface area contributed by atoms with Gasteiger partial charge in [-0.2, -0.15) is 0 Å². The summed E-state index contributed by atoms with van der Waals surface area (Å²) in [6, 6.07) is 26.5. The van der Waals surface area contributed by atoms with E-state index in [1.165, 1.54) is 11.1 Å². The lowest BCUT2D eigenvalue weighted by molar-refractivity contribution is 0.570. The number of rotatable bonds is 5. The van der Waals surface area contributed by atoms with Gasteiger partial charge in [0.05, 0.1) is 12.5 Å². The summed E-state index contributed by atoms with van der Waals surface area (Å²) in [7, 11) is 0. The van der Waals surface area contributed by atoms with Gasteiger partial charge in [0.1, 0.15) is 17.2 Å². The number of imidazole rings is 1. The van der Waals surface area contributed by atoms with Gasteiger partial charge >= 0.3 is 0 Å². The van der Waals surface area contributed by atoms with Crippen LogP contribution in [0.15, 0.2) is 100 Å². The van der Waals surface area contributed by atoms with Crippen molar-refractivity contribution in [2.75, 3.05) is 0 Å². The number of benzene rings is 2. The van der Waals surface area contributed by atoms with E-state index in [0.717, 1.165) is 34.3 Å². The van der Waals surface area contributed by atoms with Gasteiger partial charge < -0.3 is 13.4 Å². The molecular weight excluding hydrogens is 360 g/mol. The molecular formula is C25H20N2O2. The van der Waals surface area contributed by atoms with Gasteiger partial charge in [-0.1, -0.05) is 60.2 Å². The maximum Gasteiger partial charge on any atom is 0.154 e. The topological polar surface area (TPSA) is 44.1 Å². The Balaban J connectivity index is 1.76. The van der Waals surface area contributed by atoms with Gasteiger partial charge in [-0.15, -0.1) is 0 Å². The van der Waals surface area contributed by atoms with Crippen LogP contribution in [0.2, 0.25) is 0 Å². The van der Waals surface area contributed by atoms with Crippen LogP contribution >= 0.6 is 0 Å². The Morgan fingerprint density at radius 2 is 1.45 bits per heavy atom. The van der Waals surface area contributed by atoms with Gasteiger partial charge in [-0.05, 0) is 36.8 Å². The van der Waals surface area contributed by atoms with Crippen LogP contribution in [-0.2, 0) is 6.54 Å². The third-order valence-corrected chi connectivity index (χ3v) is 4.97. The second kappa shape index (κ2) is 7.32.